The van der Waals surface area contributed by atoms with Crippen molar-refractivity contribution in [2.75, 3.05) is 0 Å². The molecule has 76 valence electrons. The van der Waals surface area contributed by atoms with Crippen LogP contribution in [0.1, 0.15) is 19.5 Å². The number of rotatable bonds is 3. The second-order valence-electron chi connectivity index (χ2n) is 3.51. The summed E-state index contributed by atoms with van der Waals surface area (Å²) in [6.45, 7) is 4.25. The summed E-state index contributed by atoms with van der Waals surface area (Å²) in [7, 11) is 1.84. The van der Waals surface area contributed by atoms with Crippen molar-refractivity contribution < 1.29 is 4.79 Å². The van der Waals surface area contributed by atoms with Gasteiger partial charge in [-0.2, -0.15) is 5.10 Å². The first kappa shape index (κ1) is 11.1. The van der Waals surface area contributed by atoms with Crippen molar-refractivity contribution in [2.24, 2.45) is 18.0 Å². The van der Waals surface area contributed by atoms with E-state index in [-0.39, 0.29) is 0 Å². The van der Waals surface area contributed by atoms with E-state index < -0.39 is 0 Å². The fourth-order valence-electron chi connectivity index (χ4n) is 1.24. The van der Waals surface area contributed by atoms with Crippen LogP contribution < -0.4 is 0 Å². The van der Waals surface area contributed by atoms with Gasteiger partial charge in [-0.25, -0.2) is 4.79 Å². The Morgan fingerprint density at radius 1 is 1.64 bits per heavy atom. The number of carbonyl (C=O) groups excluding carboxylic acids is 1. The highest BCUT2D eigenvalue weighted by molar-refractivity contribution is 9.10. The van der Waals surface area contributed by atoms with E-state index in [1.807, 2.05) is 7.05 Å². The van der Waals surface area contributed by atoms with Crippen molar-refractivity contribution in [3.05, 3.63) is 10.2 Å². The van der Waals surface area contributed by atoms with Crippen LogP contribution in [0, 0.1) is 5.92 Å². The van der Waals surface area contributed by atoms with Gasteiger partial charge in [0.2, 0.25) is 11.9 Å². The van der Waals surface area contributed by atoms with Gasteiger partial charge in [-0.05, 0) is 28.3 Å². The highest BCUT2D eigenvalue weighted by Gasteiger charge is 2.14. The Bertz CT molecular complexity index is 378. The average molecular weight is 258 g/mol. The molecule has 0 aromatic carbocycles. The van der Waals surface area contributed by atoms with Crippen molar-refractivity contribution in [3.63, 3.8) is 0 Å². The molecule has 0 atom stereocenters. The predicted octanol–water partition coefficient (Wildman–Crippen LogP) is 2.35. The first-order chi connectivity index (χ1) is 6.56. The van der Waals surface area contributed by atoms with E-state index >= 15 is 0 Å². The lowest BCUT2D eigenvalue weighted by Crippen LogP contribution is -2.02. The molecular weight excluding hydrogens is 246 g/mol. The molecule has 14 heavy (non-hydrogen) atoms. The molecule has 1 aromatic heterocycles. The van der Waals surface area contributed by atoms with Crippen molar-refractivity contribution in [2.45, 2.75) is 20.3 Å². The molecule has 4 nitrogen and oxygen atoms in total. The lowest BCUT2D eigenvalue weighted by atomic mass is 10.1. The average Bonchev–Trinajstić information content (AvgIpc) is 2.33. The summed E-state index contributed by atoms with van der Waals surface area (Å²) in [6, 6.07) is 0. The molecule has 1 aromatic rings. The molecule has 0 N–H and O–H groups in total. The Kier molecular flexibility index (Phi) is 3.61. The maximum atomic E-state index is 10.1. The molecule has 1 heterocycles. The zero-order valence-electron chi connectivity index (χ0n) is 8.41. The minimum atomic E-state index is 0.401. The van der Waals surface area contributed by atoms with Gasteiger partial charge in [-0.3, -0.25) is 4.68 Å². The van der Waals surface area contributed by atoms with Gasteiger partial charge in [0, 0.05) is 7.05 Å². The first-order valence-corrected chi connectivity index (χ1v) is 5.14. The van der Waals surface area contributed by atoms with Gasteiger partial charge in [0.15, 0.2) is 0 Å². The smallest absolute Gasteiger partial charge is 0.242 e. The second-order valence-corrected chi connectivity index (χ2v) is 4.30. The second kappa shape index (κ2) is 4.53. The third kappa shape index (κ3) is 2.30. The van der Waals surface area contributed by atoms with E-state index in [1.54, 1.807) is 4.68 Å². The normalized spacial score (nSPS) is 10.4. The topological polar surface area (TPSA) is 47.2 Å². The monoisotopic (exact) mass is 257 g/mol. The third-order valence-corrected chi connectivity index (χ3v) is 2.65. The zero-order chi connectivity index (χ0) is 10.7. The lowest BCUT2D eigenvalue weighted by molar-refractivity contribution is 0.565. The Labute approximate surface area is 91.2 Å². The SMILES string of the molecule is CC(C)Cc1c(Br)c(N=C=O)nn1C. The number of hydrogen-bond donors (Lipinski definition) is 0. The molecule has 0 saturated carbocycles. The van der Waals surface area contributed by atoms with Crippen LogP contribution in [0.2, 0.25) is 0 Å². The van der Waals surface area contributed by atoms with Gasteiger partial charge in [-0.15, -0.1) is 4.99 Å². The minimum absolute atomic E-state index is 0.401. The molecule has 0 aliphatic rings. The summed E-state index contributed by atoms with van der Waals surface area (Å²) < 4.78 is 2.53. The molecular formula is C9H12BrN3O. The maximum absolute atomic E-state index is 10.1. The fourth-order valence-corrected chi connectivity index (χ4v) is 1.83. The summed E-state index contributed by atoms with van der Waals surface area (Å²) in [5, 5.41) is 4.09. The number of hydrogen-bond acceptors (Lipinski definition) is 3. The molecule has 0 spiro atoms. The van der Waals surface area contributed by atoms with Gasteiger partial charge in [0.05, 0.1) is 10.2 Å². The molecule has 0 amide bonds. The summed E-state index contributed by atoms with van der Waals surface area (Å²) >= 11 is 3.38. The number of halogens is 1. The van der Waals surface area contributed by atoms with Gasteiger partial charge in [0.25, 0.3) is 0 Å². The van der Waals surface area contributed by atoms with E-state index in [1.165, 1.54) is 6.08 Å². The number of nitrogens with zero attached hydrogens (tertiary/aromatic N) is 3. The highest BCUT2D eigenvalue weighted by atomic mass is 79.9. The van der Waals surface area contributed by atoms with E-state index in [2.05, 4.69) is 39.9 Å². The minimum Gasteiger partial charge on any atom is -0.269 e. The summed E-state index contributed by atoms with van der Waals surface area (Å²) in [6.07, 6.45) is 2.39. The highest BCUT2D eigenvalue weighted by Crippen LogP contribution is 2.28. The Morgan fingerprint density at radius 2 is 2.29 bits per heavy atom. The predicted molar refractivity (Wildman–Crippen MR) is 57.2 cm³/mol. The van der Waals surface area contributed by atoms with Crippen LogP contribution in [0.15, 0.2) is 9.47 Å². The van der Waals surface area contributed by atoms with Crippen molar-refractivity contribution in [1.29, 1.82) is 0 Å². The quantitative estimate of drug-likeness (QED) is 0.617. The van der Waals surface area contributed by atoms with Crippen molar-refractivity contribution >= 4 is 27.8 Å². The first-order valence-electron chi connectivity index (χ1n) is 4.35. The molecule has 0 unspecified atom stereocenters. The van der Waals surface area contributed by atoms with Gasteiger partial charge >= 0.3 is 0 Å². The van der Waals surface area contributed by atoms with E-state index in [0.29, 0.717) is 11.7 Å². The largest absolute Gasteiger partial charge is 0.269 e. The zero-order valence-corrected chi connectivity index (χ0v) is 10.00. The Hall–Kier alpha value is -0.930. The van der Waals surface area contributed by atoms with Gasteiger partial charge in [-0.1, -0.05) is 13.8 Å². The van der Waals surface area contributed by atoms with Crippen LogP contribution in [0.25, 0.3) is 0 Å². The number of isocyanates is 1. The molecule has 0 aliphatic carbocycles. The van der Waals surface area contributed by atoms with Crippen molar-refractivity contribution in [1.82, 2.24) is 9.78 Å². The van der Waals surface area contributed by atoms with Crippen LogP contribution in [-0.4, -0.2) is 15.9 Å². The summed E-state index contributed by atoms with van der Waals surface area (Å²) in [4.78, 5) is 13.6. The number of aliphatic imine (C=N–C) groups is 1. The molecule has 5 heteroatoms. The van der Waals surface area contributed by atoms with E-state index in [4.69, 9.17) is 0 Å². The van der Waals surface area contributed by atoms with Crippen LogP contribution in [-0.2, 0) is 18.3 Å². The summed E-state index contributed by atoms with van der Waals surface area (Å²) in [5.74, 6) is 0.938. The number of aromatic nitrogens is 2. The lowest BCUT2D eigenvalue weighted by Gasteiger charge is -2.04. The van der Waals surface area contributed by atoms with Gasteiger partial charge in [0.1, 0.15) is 0 Å². The third-order valence-electron chi connectivity index (χ3n) is 1.84. The van der Waals surface area contributed by atoms with Crippen LogP contribution in [0.5, 0.6) is 0 Å². The molecule has 0 aliphatic heterocycles. The number of aryl methyl sites for hydroxylation is 1. The van der Waals surface area contributed by atoms with Crippen molar-refractivity contribution in [3.8, 4) is 0 Å². The van der Waals surface area contributed by atoms with Gasteiger partial charge < -0.3 is 0 Å². The molecule has 0 bridgehead atoms. The van der Waals surface area contributed by atoms with E-state index in [9.17, 15) is 4.79 Å². The fraction of sp³-hybridized carbons (Fsp3) is 0.556. The molecule has 1 rings (SSSR count). The van der Waals surface area contributed by atoms with E-state index in [0.717, 1.165) is 16.6 Å². The van der Waals surface area contributed by atoms with Crippen LogP contribution >= 0.6 is 15.9 Å². The maximum Gasteiger partial charge on any atom is 0.242 e. The summed E-state index contributed by atoms with van der Waals surface area (Å²) in [5.41, 5.74) is 1.05. The Morgan fingerprint density at radius 3 is 2.79 bits per heavy atom. The molecule has 0 fully saturated rings. The van der Waals surface area contributed by atoms with Crippen LogP contribution in [0.3, 0.4) is 0 Å². The van der Waals surface area contributed by atoms with Crippen LogP contribution in [0.4, 0.5) is 5.82 Å². The standard InChI is InChI=1S/C9H12BrN3O/c1-6(2)4-7-8(10)9(11-5-14)12-13(7)3/h6H,4H2,1-3H3. The molecule has 0 radical (unpaired) electrons. The Balaban J connectivity index is 3.10. The molecule has 0 saturated heterocycles.